The first-order valence-electron chi connectivity index (χ1n) is 23.4. The molecule has 0 saturated carbocycles. The van der Waals surface area contributed by atoms with Gasteiger partial charge in [-0.25, -0.2) is 0 Å². The molecular formula is C64H50N4. The topological polar surface area (TPSA) is 62.5 Å². The molecule has 4 heteroatoms. The molecule has 7 aromatic carbocycles. The van der Waals surface area contributed by atoms with Crippen LogP contribution in [0.3, 0.4) is 0 Å². The van der Waals surface area contributed by atoms with Gasteiger partial charge in [-0.15, -0.1) is 0 Å². The molecule has 0 atom stereocenters. The summed E-state index contributed by atoms with van der Waals surface area (Å²) in [6.07, 6.45) is 9.24. The molecule has 0 radical (unpaired) electrons. The molecule has 0 aliphatic rings. The number of benzene rings is 7. The van der Waals surface area contributed by atoms with Crippen molar-refractivity contribution in [3.8, 4) is 84.3 Å². The minimum Gasteiger partial charge on any atom is -0.256 e. The fraction of sp³-hybridized carbons (Fsp3) is 0.0938. The van der Waals surface area contributed by atoms with E-state index in [1.807, 2.05) is 68.0 Å². The maximum absolute atomic E-state index is 9.66. The van der Waals surface area contributed by atoms with Gasteiger partial charge in [0.05, 0.1) is 28.7 Å². The molecule has 0 bridgehead atoms. The van der Waals surface area contributed by atoms with Crippen molar-refractivity contribution in [3.05, 3.63) is 258 Å². The number of nitriles is 1. The number of rotatable bonds is 13. The largest absolute Gasteiger partial charge is 0.256 e. The summed E-state index contributed by atoms with van der Waals surface area (Å²) in [4.78, 5) is 13.9. The highest BCUT2D eigenvalue weighted by Crippen LogP contribution is 2.41. The molecule has 0 aliphatic carbocycles. The molecule has 10 rings (SSSR count). The van der Waals surface area contributed by atoms with E-state index in [1.165, 1.54) is 38.9 Å². The van der Waals surface area contributed by atoms with Crippen LogP contribution in [0.2, 0.25) is 0 Å². The van der Waals surface area contributed by atoms with Gasteiger partial charge in [-0.2, -0.15) is 5.26 Å². The summed E-state index contributed by atoms with van der Waals surface area (Å²) in [7, 11) is 0. The lowest BCUT2D eigenvalue weighted by atomic mass is 9.86. The summed E-state index contributed by atoms with van der Waals surface area (Å²) in [6, 6.07) is 74.1. The Balaban J connectivity index is 1.02. The van der Waals surface area contributed by atoms with Crippen LogP contribution in [0.4, 0.5) is 0 Å². The number of nitrogens with zero attached hydrogens (tertiary/aromatic N) is 4. The lowest BCUT2D eigenvalue weighted by molar-refractivity contribution is 0.931. The Kier molecular flexibility index (Phi) is 12.7. The monoisotopic (exact) mass is 874 g/mol. The Morgan fingerprint density at radius 2 is 0.765 bits per heavy atom. The van der Waals surface area contributed by atoms with Crippen LogP contribution in [0.25, 0.3) is 78.3 Å². The van der Waals surface area contributed by atoms with E-state index in [0.717, 1.165) is 98.4 Å². The van der Waals surface area contributed by atoms with Crippen LogP contribution in [-0.4, -0.2) is 15.0 Å². The van der Waals surface area contributed by atoms with E-state index < -0.39 is 0 Å². The van der Waals surface area contributed by atoms with E-state index in [0.29, 0.717) is 5.56 Å². The van der Waals surface area contributed by atoms with Crippen molar-refractivity contribution in [2.45, 2.75) is 39.5 Å². The molecule has 3 heterocycles. The van der Waals surface area contributed by atoms with Crippen LogP contribution in [0.1, 0.15) is 38.9 Å². The van der Waals surface area contributed by atoms with Gasteiger partial charge in [0.25, 0.3) is 0 Å². The van der Waals surface area contributed by atoms with E-state index >= 15 is 0 Å². The molecule has 0 amide bonds. The van der Waals surface area contributed by atoms with Gasteiger partial charge in [-0.3, -0.25) is 15.0 Å². The predicted octanol–water partition coefficient (Wildman–Crippen LogP) is 15.6. The van der Waals surface area contributed by atoms with Crippen molar-refractivity contribution >= 4 is 0 Å². The minimum atomic E-state index is 0.716. The Morgan fingerprint density at radius 3 is 1.28 bits per heavy atom. The summed E-state index contributed by atoms with van der Waals surface area (Å²) >= 11 is 0. The van der Waals surface area contributed by atoms with E-state index in [2.05, 4.69) is 181 Å². The normalized spacial score (nSPS) is 11.0. The van der Waals surface area contributed by atoms with Crippen molar-refractivity contribution in [2.24, 2.45) is 0 Å². The highest BCUT2D eigenvalue weighted by atomic mass is 14.7. The van der Waals surface area contributed by atoms with Gasteiger partial charge in [0.15, 0.2) is 0 Å². The van der Waals surface area contributed by atoms with E-state index in [9.17, 15) is 5.26 Å². The van der Waals surface area contributed by atoms with Gasteiger partial charge < -0.3 is 0 Å². The Hall–Kier alpha value is -8.52. The van der Waals surface area contributed by atoms with Gasteiger partial charge >= 0.3 is 0 Å². The van der Waals surface area contributed by atoms with Gasteiger partial charge in [-0.1, -0.05) is 146 Å². The minimum absolute atomic E-state index is 0.716. The van der Waals surface area contributed by atoms with Gasteiger partial charge in [-0.05, 0) is 172 Å². The molecule has 0 spiro atoms. The molecular weight excluding hydrogens is 825 g/mol. The molecule has 3 aromatic heterocycles. The zero-order valence-corrected chi connectivity index (χ0v) is 38.4. The summed E-state index contributed by atoms with van der Waals surface area (Å²) in [5.74, 6) is 0. The first-order valence-corrected chi connectivity index (χ1v) is 23.4. The van der Waals surface area contributed by atoms with Crippen LogP contribution in [-0.2, 0) is 25.7 Å². The second-order valence-electron chi connectivity index (χ2n) is 17.6. The zero-order valence-electron chi connectivity index (χ0n) is 38.4. The van der Waals surface area contributed by atoms with Crippen LogP contribution in [0.5, 0.6) is 0 Å². The van der Waals surface area contributed by atoms with Crippen molar-refractivity contribution in [1.29, 1.82) is 5.26 Å². The van der Waals surface area contributed by atoms with Crippen molar-refractivity contribution in [1.82, 2.24) is 15.0 Å². The highest BCUT2D eigenvalue weighted by Gasteiger charge is 2.17. The van der Waals surface area contributed by atoms with Gasteiger partial charge in [0, 0.05) is 35.3 Å². The van der Waals surface area contributed by atoms with Crippen LogP contribution < -0.4 is 0 Å². The third-order valence-electron chi connectivity index (χ3n) is 13.0. The lowest BCUT2D eigenvalue weighted by Gasteiger charge is -2.18. The van der Waals surface area contributed by atoms with Gasteiger partial charge in [0.2, 0.25) is 0 Å². The Labute approximate surface area is 400 Å². The van der Waals surface area contributed by atoms with Crippen LogP contribution in [0.15, 0.2) is 219 Å². The first-order chi connectivity index (χ1) is 33.5. The molecule has 0 aliphatic heterocycles. The molecule has 4 nitrogen and oxygen atoms in total. The Bertz CT molecular complexity index is 3270. The Morgan fingerprint density at radius 1 is 0.324 bits per heavy atom. The number of hydrogen-bond acceptors (Lipinski definition) is 4. The molecule has 326 valence electrons. The number of pyridine rings is 3. The third-order valence-corrected chi connectivity index (χ3v) is 13.0. The van der Waals surface area contributed by atoms with Crippen molar-refractivity contribution < 1.29 is 0 Å². The molecule has 0 fully saturated rings. The van der Waals surface area contributed by atoms with E-state index in [-0.39, 0.29) is 0 Å². The fourth-order valence-corrected chi connectivity index (χ4v) is 9.29. The molecule has 0 unspecified atom stereocenters. The molecule has 10 aromatic rings. The number of aryl methyl sites for hydroxylation is 6. The average Bonchev–Trinajstić information content (AvgIpc) is 3.41. The SMILES string of the molecule is Cc1cc(-c2ccc(-c3cc(-c4ccccn4)ccc3-c3ccccc3-c3cc(CCc4ccc(-c5ccccn5)cc4)cc(CCc4ccc(-c5ccccn5)cc4)c3)cc2)c(C)cc1C#N. The highest BCUT2D eigenvalue weighted by molar-refractivity contribution is 5.94. The summed E-state index contributed by atoms with van der Waals surface area (Å²) in [5.41, 5.74) is 23.5. The standard InChI is InChI=1S/C64H50N4/c1-44-38-60(45(2)37-56(44)43-65)50-28-30-51(31-29-50)61-42-54(64-15-7-10-36-68-64)32-33-59(61)58-12-4-3-11-57(58)55-40-48(18-16-46-20-24-52(25-21-46)62-13-5-8-34-66-62)39-49(41-55)19-17-47-22-26-53(27-23-47)63-14-6-9-35-67-63/h3-15,20-42H,16-19H2,1-2H3. The lowest BCUT2D eigenvalue weighted by Crippen LogP contribution is -1.98. The van der Waals surface area contributed by atoms with Crippen LogP contribution in [0, 0.1) is 25.2 Å². The van der Waals surface area contributed by atoms with Crippen LogP contribution >= 0.6 is 0 Å². The summed E-state index contributed by atoms with van der Waals surface area (Å²) in [5, 5.41) is 9.66. The maximum atomic E-state index is 9.66. The fourth-order valence-electron chi connectivity index (χ4n) is 9.29. The van der Waals surface area contributed by atoms with Crippen molar-refractivity contribution in [2.75, 3.05) is 0 Å². The van der Waals surface area contributed by atoms with E-state index in [4.69, 9.17) is 4.98 Å². The number of aromatic nitrogens is 3. The van der Waals surface area contributed by atoms with Gasteiger partial charge in [0.1, 0.15) is 0 Å². The molecule has 0 saturated heterocycles. The van der Waals surface area contributed by atoms with Crippen molar-refractivity contribution in [3.63, 3.8) is 0 Å². The molecule has 68 heavy (non-hydrogen) atoms. The second kappa shape index (κ2) is 19.9. The summed E-state index contributed by atoms with van der Waals surface area (Å²) in [6.45, 7) is 4.09. The first kappa shape index (κ1) is 43.4. The second-order valence-corrected chi connectivity index (χ2v) is 17.6. The quantitative estimate of drug-likeness (QED) is 0.116. The smallest absolute Gasteiger partial charge is 0.0994 e. The number of hydrogen-bond donors (Lipinski definition) is 0. The maximum Gasteiger partial charge on any atom is 0.0994 e. The zero-order chi connectivity index (χ0) is 46.2. The summed E-state index contributed by atoms with van der Waals surface area (Å²) < 4.78 is 0. The predicted molar refractivity (Wildman–Crippen MR) is 280 cm³/mol. The third kappa shape index (κ3) is 9.70. The van der Waals surface area contributed by atoms with E-state index in [1.54, 1.807) is 0 Å². The molecule has 0 N–H and O–H groups in total. The average molecular weight is 875 g/mol.